The molecule has 0 spiro atoms. The summed E-state index contributed by atoms with van der Waals surface area (Å²) in [6, 6.07) is 7.22. The minimum Gasteiger partial charge on any atom is -0.469 e. The minimum absolute atomic E-state index is 0.0230. The molecular formula is C45H66N2O6. The molecule has 8 heteroatoms. The number of rotatable bonds is 10. The van der Waals surface area contributed by atoms with Gasteiger partial charge in [0.25, 0.3) is 0 Å². The second-order valence-corrected chi connectivity index (χ2v) is 19.2. The van der Waals surface area contributed by atoms with Crippen LogP contribution in [-0.2, 0) is 35.1 Å². The Labute approximate surface area is 318 Å². The Morgan fingerprint density at radius 2 is 1.55 bits per heavy atom. The molecule has 1 aromatic carbocycles. The molecular weight excluding hydrogens is 665 g/mol. The lowest BCUT2D eigenvalue weighted by atomic mass is 9.32. The van der Waals surface area contributed by atoms with Crippen molar-refractivity contribution in [2.45, 2.75) is 138 Å². The number of ether oxygens (including phenoxy) is 2. The average molecular weight is 731 g/mol. The fourth-order valence-corrected chi connectivity index (χ4v) is 13.7. The van der Waals surface area contributed by atoms with Crippen molar-refractivity contribution in [1.29, 1.82) is 0 Å². The summed E-state index contributed by atoms with van der Waals surface area (Å²) in [6.07, 6.45) is 11.7. The molecule has 5 aliphatic carbocycles. The maximum atomic E-state index is 14.5. The van der Waals surface area contributed by atoms with Crippen LogP contribution in [0.2, 0.25) is 0 Å². The number of fused-ring (bicyclic) bond motifs is 7. The maximum absolute atomic E-state index is 14.5. The number of carbonyl (C=O) groups excluding carboxylic acids is 4. The Kier molecular flexibility index (Phi) is 10.8. The first-order chi connectivity index (χ1) is 24.9. The summed E-state index contributed by atoms with van der Waals surface area (Å²) >= 11 is 0. The lowest BCUT2D eigenvalue weighted by molar-refractivity contribution is -0.248. The van der Waals surface area contributed by atoms with Crippen molar-refractivity contribution in [3.63, 3.8) is 0 Å². The predicted molar refractivity (Wildman–Crippen MR) is 208 cm³/mol. The van der Waals surface area contributed by atoms with Gasteiger partial charge in [-0.25, -0.2) is 0 Å². The molecule has 2 amide bonds. The predicted octanol–water partition coefficient (Wildman–Crippen LogP) is 8.83. The molecule has 1 unspecified atom stereocenters. The molecule has 5 aliphatic rings. The number of hydrogen-bond donors (Lipinski definition) is 2. The van der Waals surface area contributed by atoms with E-state index in [9.17, 15) is 19.2 Å². The summed E-state index contributed by atoms with van der Waals surface area (Å²) in [5, 5.41) is 6.28. The van der Waals surface area contributed by atoms with Crippen LogP contribution in [0.15, 0.2) is 36.4 Å². The van der Waals surface area contributed by atoms with E-state index in [-0.39, 0.29) is 63.9 Å². The van der Waals surface area contributed by atoms with E-state index in [1.54, 1.807) is 19.1 Å². The van der Waals surface area contributed by atoms with Gasteiger partial charge in [-0.3, -0.25) is 19.2 Å². The third-order valence-electron chi connectivity index (χ3n) is 16.4. The van der Waals surface area contributed by atoms with Gasteiger partial charge in [0.1, 0.15) is 6.10 Å². The smallest absolute Gasteiger partial charge is 0.309 e. The van der Waals surface area contributed by atoms with Crippen LogP contribution in [0, 0.1) is 56.7 Å². The van der Waals surface area contributed by atoms with Crippen LogP contribution in [0.25, 0.3) is 0 Å². The number of methoxy groups -OCH3 is 1. The van der Waals surface area contributed by atoms with Gasteiger partial charge in [-0.15, -0.1) is 0 Å². The maximum Gasteiger partial charge on any atom is 0.309 e. The van der Waals surface area contributed by atoms with E-state index in [4.69, 9.17) is 9.47 Å². The van der Waals surface area contributed by atoms with Gasteiger partial charge in [-0.1, -0.05) is 58.9 Å². The molecule has 6 rings (SSSR count). The van der Waals surface area contributed by atoms with Gasteiger partial charge in [-0.2, -0.15) is 0 Å². The van der Waals surface area contributed by atoms with Gasteiger partial charge in [0.05, 0.1) is 18.9 Å². The number of carbonyl (C=O) groups is 4. The number of benzene rings is 1. The standard InChI is InChI=1S/C45H66N2O6/c1-28(2)32-18-23-45(40(51)46-26-10-11-37(49)47-31-14-12-30(13-15-31)27-38(50)52-9)25-24-43(7)33(39(32)45)16-17-35-42(6)21-20-36(53-29(3)48)41(4,5)34(42)19-22-44(35,43)8/h12-15,32-36,39H,1,10-11,16-27H2,2-9H3,(H,46,51)(H,47,49)/t32-,33+,34-,35?,36-,39+,42-,43+,44+,45-/m0/s1. The molecule has 53 heavy (non-hydrogen) atoms. The zero-order valence-corrected chi connectivity index (χ0v) is 33.8. The van der Waals surface area contributed by atoms with Gasteiger partial charge in [0.2, 0.25) is 11.8 Å². The minimum atomic E-state index is -0.392. The molecule has 2 N–H and O–H groups in total. The highest BCUT2D eigenvalue weighted by Crippen LogP contribution is 2.77. The lowest BCUT2D eigenvalue weighted by Crippen LogP contribution is -2.67. The van der Waals surface area contributed by atoms with Gasteiger partial charge in [0.15, 0.2) is 0 Å². The van der Waals surface area contributed by atoms with Crippen LogP contribution >= 0.6 is 0 Å². The van der Waals surface area contributed by atoms with Crippen LogP contribution in [-0.4, -0.2) is 43.5 Å². The largest absolute Gasteiger partial charge is 0.469 e. The van der Waals surface area contributed by atoms with Gasteiger partial charge in [0, 0.05) is 31.0 Å². The van der Waals surface area contributed by atoms with Crippen LogP contribution in [0.1, 0.15) is 131 Å². The molecule has 0 radical (unpaired) electrons. The van der Waals surface area contributed by atoms with E-state index < -0.39 is 5.41 Å². The van der Waals surface area contributed by atoms with Crippen molar-refractivity contribution in [3.8, 4) is 0 Å². The topological polar surface area (TPSA) is 111 Å². The highest BCUT2D eigenvalue weighted by atomic mass is 16.5. The Bertz CT molecular complexity index is 1600. The molecule has 0 bridgehead atoms. The summed E-state index contributed by atoms with van der Waals surface area (Å²) in [5.74, 6) is 1.82. The first kappa shape index (κ1) is 39.5. The molecule has 0 saturated heterocycles. The number of nitrogens with one attached hydrogen (secondary N) is 2. The Balaban J connectivity index is 1.13. The summed E-state index contributed by atoms with van der Waals surface area (Å²) in [4.78, 5) is 50.9. The lowest BCUT2D eigenvalue weighted by Gasteiger charge is -2.72. The number of anilines is 1. The van der Waals surface area contributed by atoms with Crippen molar-refractivity contribution in [3.05, 3.63) is 42.0 Å². The monoisotopic (exact) mass is 730 g/mol. The molecule has 8 nitrogen and oxygen atoms in total. The summed E-state index contributed by atoms with van der Waals surface area (Å²) in [5.41, 5.74) is 2.76. The van der Waals surface area contributed by atoms with Crippen LogP contribution < -0.4 is 10.6 Å². The van der Waals surface area contributed by atoms with E-state index in [1.165, 1.54) is 25.5 Å². The van der Waals surface area contributed by atoms with Crippen molar-refractivity contribution < 1.29 is 28.7 Å². The molecule has 5 saturated carbocycles. The van der Waals surface area contributed by atoms with Gasteiger partial charge in [-0.05, 0) is 141 Å². The quantitative estimate of drug-likeness (QED) is 0.141. The fraction of sp³-hybridized carbons (Fsp3) is 0.733. The Hall–Kier alpha value is -3.16. The van der Waals surface area contributed by atoms with Crippen molar-refractivity contribution >= 4 is 29.4 Å². The SMILES string of the molecule is C=C(C)[C@@H]1CC[C@]2(C(=O)NCCCC(=O)Nc3ccc(CC(=O)OC)cc3)CC[C@]3(C)[C@H](CCC4[C@@]5(C)CC[C@H](OC(C)=O)C(C)(C)[C@@H]5CC[C@]43C)[C@@H]12. The molecule has 0 aromatic heterocycles. The second kappa shape index (κ2) is 14.5. The summed E-state index contributed by atoms with van der Waals surface area (Å²) < 4.78 is 10.7. The van der Waals surface area contributed by atoms with E-state index in [0.29, 0.717) is 48.7 Å². The van der Waals surface area contributed by atoms with E-state index in [0.717, 1.165) is 56.9 Å². The zero-order valence-electron chi connectivity index (χ0n) is 33.8. The highest BCUT2D eigenvalue weighted by molar-refractivity contribution is 5.90. The number of amides is 2. The van der Waals surface area contributed by atoms with Crippen molar-refractivity contribution in [2.75, 3.05) is 19.0 Å². The fourth-order valence-electron chi connectivity index (χ4n) is 13.7. The second-order valence-electron chi connectivity index (χ2n) is 19.2. The summed E-state index contributed by atoms with van der Waals surface area (Å²) in [6.45, 7) is 21.2. The normalized spacial score (nSPS) is 38.2. The molecule has 5 fully saturated rings. The van der Waals surface area contributed by atoms with E-state index >= 15 is 0 Å². The average Bonchev–Trinajstić information content (AvgIpc) is 3.50. The van der Waals surface area contributed by atoms with E-state index in [2.05, 4.69) is 58.8 Å². The first-order valence-corrected chi connectivity index (χ1v) is 20.5. The molecule has 292 valence electrons. The molecule has 1 aromatic rings. The number of esters is 2. The third-order valence-corrected chi connectivity index (χ3v) is 16.4. The van der Waals surface area contributed by atoms with Gasteiger partial charge >= 0.3 is 11.9 Å². The van der Waals surface area contributed by atoms with Crippen molar-refractivity contribution in [2.24, 2.45) is 56.7 Å². The molecule has 0 aliphatic heterocycles. The third kappa shape index (κ3) is 6.66. The first-order valence-electron chi connectivity index (χ1n) is 20.5. The van der Waals surface area contributed by atoms with Crippen LogP contribution in [0.3, 0.4) is 0 Å². The Morgan fingerprint density at radius 1 is 0.830 bits per heavy atom. The summed E-state index contributed by atoms with van der Waals surface area (Å²) in [7, 11) is 1.37. The van der Waals surface area contributed by atoms with Crippen molar-refractivity contribution in [1.82, 2.24) is 5.32 Å². The zero-order chi connectivity index (χ0) is 38.6. The van der Waals surface area contributed by atoms with E-state index in [1.807, 2.05) is 12.1 Å². The van der Waals surface area contributed by atoms with Gasteiger partial charge < -0.3 is 20.1 Å². The van der Waals surface area contributed by atoms with Crippen LogP contribution in [0.5, 0.6) is 0 Å². The number of hydrogen-bond acceptors (Lipinski definition) is 6. The number of allylic oxidation sites excluding steroid dienone is 1. The highest BCUT2D eigenvalue weighted by Gasteiger charge is 2.72. The molecule has 0 heterocycles. The Morgan fingerprint density at radius 3 is 2.21 bits per heavy atom. The van der Waals surface area contributed by atoms with Crippen LogP contribution in [0.4, 0.5) is 5.69 Å². The molecule has 10 atom stereocenters.